The van der Waals surface area contributed by atoms with E-state index in [1.165, 1.54) is 11.3 Å². The number of hydrogen-bond donors (Lipinski definition) is 2. The second kappa shape index (κ2) is 8.32. The van der Waals surface area contributed by atoms with Crippen molar-refractivity contribution in [3.63, 3.8) is 0 Å². The van der Waals surface area contributed by atoms with Crippen molar-refractivity contribution in [3.8, 4) is 0 Å². The molecule has 1 saturated heterocycles. The van der Waals surface area contributed by atoms with Gasteiger partial charge in [-0.25, -0.2) is 0 Å². The first-order valence-corrected chi connectivity index (χ1v) is 9.15. The van der Waals surface area contributed by atoms with E-state index >= 15 is 0 Å². The lowest BCUT2D eigenvalue weighted by Crippen LogP contribution is -2.37. The average molecular weight is 335 g/mol. The van der Waals surface area contributed by atoms with Crippen molar-refractivity contribution in [1.82, 2.24) is 5.32 Å². The summed E-state index contributed by atoms with van der Waals surface area (Å²) in [6.07, 6.45) is 2.59. The number of ether oxygens (including phenoxy) is 1. The van der Waals surface area contributed by atoms with E-state index in [2.05, 4.69) is 62.2 Å². The van der Waals surface area contributed by atoms with Crippen molar-refractivity contribution in [2.75, 3.05) is 25.1 Å². The molecule has 1 fully saturated rings. The fraction of sp³-hybridized carbons (Fsp3) is 0.700. The van der Waals surface area contributed by atoms with Gasteiger partial charge >= 0.3 is 0 Å². The summed E-state index contributed by atoms with van der Waals surface area (Å²) in [7, 11) is 1.77. The van der Waals surface area contributed by atoms with Crippen LogP contribution >= 0.6 is 0 Å². The molecule has 1 aliphatic heterocycles. The summed E-state index contributed by atoms with van der Waals surface area (Å²) in [5.74, 6) is 0. The maximum absolute atomic E-state index is 9.63. The zero-order valence-corrected chi connectivity index (χ0v) is 15.9. The van der Waals surface area contributed by atoms with E-state index in [-0.39, 0.29) is 11.7 Å². The van der Waals surface area contributed by atoms with Gasteiger partial charge in [-0.1, -0.05) is 12.1 Å². The molecular formula is C20H34N2O2. The SMILES string of the molecule is COC(C)(C)CC(C)NC(C)c1ccc(N2CCC(O)CC2)cc1. The third-order valence-electron chi connectivity index (χ3n) is 5.11. The van der Waals surface area contributed by atoms with Crippen LogP contribution < -0.4 is 10.2 Å². The molecule has 24 heavy (non-hydrogen) atoms. The highest BCUT2D eigenvalue weighted by Crippen LogP contribution is 2.24. The Labute approximate surface area is 147 Å². The van der Waals surface area contributed by atoms with Crippen LogP contribution in [-0.2, 0) is 4.74 Å². The van der Waals surface area contributed by atoms with Gasteiger partial charge in [0, 0.05) is 38.0 Å². The highest BCUT2D eigenvalue weighted by Gasteiger charge is 2.21. The quantitative estimate of drug-likeness (QED) is 0.801. The van der Waals surface area contributed by atoms with Crippen molar-refractivity contribution < 1.29 is 9.84 Å². The minimum Gasteiger partial charge on any atom is -0.393 e. The highest BCUT2D eigenvalue weighted by molar-refractivity contribution is 5.48. The van der Waals surface area contributed by atoms with E-state index in [0.29, 0.717) is 12.1 Å². The third kappa shape index (κ3) is 5.47. The van der Waals surface area contributed by atoms with E-state index in [9.17, 15) is 5.11 Å². The van der Waals surface area contributed by atoms with E-state index in [1.54, 1.807) is 7.11 Å². The first kappa shape index (κ1) is 19.2. The van der Waals surface area contributed by atoms with Crippen molar-refractivity contribution in [3.05, 3.63) is 29.8 Å². The van der Waals surface area contributed by atoms with E-state index in [0.717, 1.165) is 32.4 Å². The number of methoxy groups -OCH3 is 1. The van der Waals surface area contributed by atoms with E-state index < -0.39 is 0 Å². The molecular weight excluding hydrogens is 300 g/mol. The van der Waals surface area contributed by atoms with Crippen molar-refractivity contribution in [1.29, 1.82) is 0 Å². The van der Waals surface area contributed by atoms with Crippen molar-refractivity contribution >= 4 is 5.69 Å². The largest absolute Gasteiger partial charge is 0.393 e. The molecule has 136 valence electrons. The van der Waals surface area contributed by atoms with Gasteiger partial charge in [0.15, 0.2) is 0 Å². The van der Waals surface area contributed by atoms with Gasteiger partial charge in [-0.15, -0.1) is 0 Å². The Hall–Kier alpha value is -1.10. The van der Waals surface area contributed by atoms with Crippen LogP contribution in [0.15, 0.2) is 24.3 Å². The number of aliphatic hydroxyl groups is 1. The number of benzene rings is 1. The van der Waals surface area contributed by atoms with Crippen molar-refractivity contribution in [2.24, 2.45) is 0 Å². The number of hydrogen-bond acceptors (Lipinski definition) is 4. The highest BCUT2D eigenvalue weighted by atomic mass is 16.5. The first-order chi connectivity index (χ1) is 11.3. The molecule has 2 N–H and O–H groups in total. The Bertz CT molecular complexity index is 493. The lowest BCUT2D eigenvalue weighted by molar-refractivity contribution is 0.00782. The molecule has 0 spiro atoms. The molecule has 1 heterocycles. The Kier molecular flexibility index (Phi) is 6.67. The average Bonchev–Trinajstić information content (AvgIpc) is 2.55. The third-order valence-corrected chi connectivity index (χ3v) is 5.11. The predicted molar refractivity (Wildman–Crippen MR) is 101 cm³/mol. The topological polar surface area (TPSA) is 44.7 Å². The number of aliphatic hydroxyl groups excluding tert-OH is 1. The summed E-state index contributed by atoms with van der Waals surface area (Å²) in [5.41, 5.74) is 2.46. The predicted octanol–water partition coefficient (Wildman–Crippen LogP) is 3.50. The van der Waals surface area contributed by atoms with E-state index in [1.807, 2.05) is 0 Å². The van der Waals surface area contributed by atoms with Gasteiger partial charge < -0.3 is 20.1 Å². The van der Waals surface area contributed by atoms with Crippen LogP contribution in [0.25, 0.3) is 0 Å². The Morgan fingerprint density at radius 3 is 2.33 bits per heavy atom. The summed E-state index contributed by atoms with van der Waals surface area (Å²) in [5, 5.41) is 13.3. The smallest absolute Gasteiger partial charge is 0.0637 e. The van der Waals surface area contributed by atoms with Gasteiger partial charge in [0.1, 0.15) is 0 Å². The van der Waals surface area contributed by atoms with Gasteiger partial charge in [-0.2, -0.15) is 0 Å². The van der Waals surface area contributed by atoms with Crippen LogP contribution in [0.1, 0.15) is 58.6 Å². The van der Waals surface area contributed by atoms with Crippen LogP contribution in [0.2, 0.25) is 0 Å². The zero-order valence-electron chi connectivity index (χ0n) is 15.9. The van der Waals surface area contributed by atoms with Gasteiger partial charge in [0.2, 0.25) is 0 Å². The molecule has 2 atom stereocenters. The number of piperidine rings is 1. The fourth-order valence-electron chi connectivity index (χ4n) is 3.50. The number of rotatable bonds is 7. The minimum atomic E-state index is -0.123. The number of nitrogens with one attached hydrogen (secondary N) is 1. The molecule has 4 nitrogen and oxygen atoms in total. The molecule has 1 aromatic rings. The van der Waals surface area contributed by atoms with Crippen LogP contribution in [0.3, 0.4) is 0 Å². The van der Waals surface area contributed by atoms with Gasteiger partial charge in [0.05, 0.1) is 11.7 Å². The van der Waals surface area contributed by atoms with Gasteiger partial charge in [0.25, 0.3) is 0 Å². The second-order valence-corrected chi connectivity index (χ2v) is 7.77. The lowest BCUT2D eigenvalue weighted by Gasteiger charge is -2.32. The Morgan fingerprint density at radius 2 is 1.79 bits per heavy atom. The van der Waals surface area contributed by atoms with Gasteiger partial charge in [-0.3, -0.25) is 0 Å². The number of anilines is 1. The fourth-order valence-corrected chi connectivity index (χ4v) is 3.50. The summed E-state index contributed by atoms with van der Waals surface area (Å²) in [4.78, 5) is 2.36. The summed E-state index contributed by atoms with van der Waals surface area (Å²) < 4.78 is 5.52. The molecule has 0 amide bonds. The second-order valence-electron chi connectivity index (χ2n) is 7.77. The minimum absolute atomic E-state index is 0.102. The van der Waals surface area contributed by atoms with E-state index in [4.69, 9.17) is 4.74 Å². The maximum atomic E-state index is 9.63. The normalized spacial score (nSPS) is 19.3. The monoisotopic (exact) mass is 334 g/mol. The Morgan fingerprint density at radius 1 is 1.21 bits per heavy atom. The molecule has 1 aromatic carbocycles. The Balaban J connectivity index is 1.90. The number of nitrogens with zero attached hydrogens (tertiary/aromatic N) is 1. The van der Waals surface area contributed by atoms with Crippen LogP contribution in [-0.4, -0.2) is 43.1 Å². The molecule has 0 aromatic heterocycles. The molecule has 2 rings (SSSR count). The molecule has 0 aliphatic carbocycles. The summed E-state index contributed by atoms with van der Waals surface area (Å²) in [6.45, 7) is 10.6. The van der Waals surface area contributed by atoms with Crippen LogP contribution in [0.5, 0.6) is 0 Å². The van der Waals surface area contributed by atoms with Crippen LogP contribution in [0, 0.1) is 0 Å². The molecule has 2 unspecified atom stereocenters. The molecule has 0 bridgehead atoms. The summed E-state index contributed by atoms with van der Waals surface area (Å²) >= 11 is 0. The maximum Gasteiger partial charge on any atom is 0.0637 e. The standard InChI is InChI=1S/C20H34N2O2/c1-15(14-20(3,4)24-5)21-16(2)17-6-8-18(9-7-17)22-12-10-19(23)11-13-22/h6-9,15-16,19,21,23H,10-14H2,1-5H3. The van der Waals surface area contributed by atoms with Gasteiger partial charge in [-0.05, 0) is 64.7 Å². The van der Waals surface area contributed by atoms with Crippen LogP contribution in [0.4, 0.5) is 5.69 Å². The molecule has 0 saturated carbocycles. The molecule has 1 aliphatic rings. The molecule has 4 heteroatoms. The zero-order chi connectivity index (χ0) is 17.7. The molecule has 0 radical (unpaired) electrons. The lowest BCUT2D eigenvalue weighted by atomic mass is 9.98. The first-order valence-electron chi connectivity index (χ1n) is 9.15. The van der Waals surface area contributed by atoms with Crippen molar-refractivity contribution in [2.45, 2.75) is 70.7 Å². The summed E-state index contributed by atoms with van der Waals surface area (Å²) in [6, 6.07) is 9.53.